The maximum absolute atomic E-state index is 12.8. The van der Waals surface area contributed by atoms with E-state index in [1.54, 1.807) is 36.1 Å². The van der Waals surface area contributed by atoms with E-state index in [2.05, 4.69) is 11.2 Å². The quantitative estimate of drug-likeness (QED) is 0.211. The molecule has 1 aliphatic heterocycles. The third kappa shape index (κ3) is 5.94. The Balaban J connectivity index is 2.02. The lowest BCUT2D eigenvalue weighted by atomic mass is 9.93. The van der Waals surface area contributed by atoms with Crippen LogP contribution in [-0.2, 0) is 19.1 Å². The van der Waals surface area contributed by atoms with Gasteiger partial charge in [-0.25, -0.2) is 4.79 Å². The fourth-order valence-electron chi connectivity index (χ4n) is 3.06. The highest BCUT2D eigenvalue weighted by atomic mass is 16.5. The number of terminal acetylenes is 1. The number of hydrogen-bond donors (Lipinski definition) is 3. The number of hydrogen-bond acceptors (Lipinski definition) is 5. The molecule has 1 unspecified atom stereocenters. The molecule has 0 spiro atoms. The van der Waals surface area contributed by atoms with Gasteiger partial charge >= 0.3 is 5.97 Å². The van der Waals surface area contributed by atoms with Gasteiger partial charge in [0.05, 0.1) is 18.4 Å². The molecular weight excluding hydrogens is 372 g/mol. The number of esters is 1. The minimum Gasteiger partial charge on any atom is -0.463 e. The summed E-state index contributed by atoms with van der Waals surface area (Å²) in [7, 11) is 0. The first-order valence-electron chi connectivity index (χ1n) is 9.26. The minimum absolute atomic E-state index is 0.00612. The van der Waals surface area contributed by atoms with Crippen molar-refractivity contribution < 1.29 is 19.1 Å². The van der Waals surface area contributed by atoms with Crippen molar-refractivity contribution in [2.24, 2.45) is 11.7 Å². The summed E-state index contributed by atoms with van der Waals surface area (Å²) in [5.41, 5.74) is 6.71. The lowest BCUT2D eigenvalue weighted by molar-refractivity contribution is -0.137. The van der Waals surface area contributed by atoms with E-state index in [-0.39, 0.29) is 30.5 Å². The summed E-state index contributed by atoms with van der Waals surface area (Å²) in [5, 5.41) is 9.92. The van der Waals surface area contributed by atoms with Crippen LogP contribution in [0.2, 0.25) is 0 Å². The summed E-state index contributed by atoms with van der Waals surface area (Å²) in [4.78, 5) is 38.3. The second-order valence-electron chi connectivity index (χ2n) is 6.50. The van der Waals surface area contributed by atoms with Crippen molar-refractivity contribution in [3.8, 4) is 12.3 Å². The first-order chi connectivity index (χ1) is 13.8. The molecule has 0 aliphatic carbocycles. The maximum Gasteiger partial charge on any atom is 0.333 e. The Morgan fingerprint density at radius 1 is 1.41 bits per heavy atom. The number of anilines is 1. The Hall–Kier alpha value is -3.60. The Labute approximate surface area is 169 Å². The molecule has 8 heteroatoms. The van der Waals surface area contributed by atoms with Crippen LogP contribution in [0.1, 0.15) is 31.7 Å². The van der Waals surface area contributed by atoms with Crippen LogP contribution in [-0.4, -0.2) is 36.8 Å². The van der Waals surface area contributed by atoms with Gasteiger partial charge in [0.15, 0.2) is 0 Å². The Morgan fingerprint density at radius 3 is 2.69 bits per heavy atom. The highest BCUT2D eigenvalue weighted by molar-refractivity contribution is 5.99. The van der Waals surface area contributed by atoms with Gasteiger partial charge in [0.25, 0.3) is 0 Å². The molecule has 1 saturated heterocycles. The highest BCUT2D eigenvalue weighted by Crippen LogP contribution is 2.26. The predicted octanol–water partition coefficient (Wildman–Crippen LogP) is 1.30. The van der Waals surface area contributed by atoms with Crippen molar-refractivity contribution in [1.82, 2.24) is 5.32 Å². The van der Waals surface area contributed by atoms with Gasteiger partial charge in [-0.1, -0.05) is 5.92 Å². The number of carbonyl (C=O) groups excluding carboxylic acids is 3. The van der Waals surface area contributed by atoms with Gasteiger partial charge < -0.3 is 20.7 Å². The Kier molecular flexibility index (Phi) is 7.54. The second-order valence-corrected chi connectivity index (χ2v) is 6.50. The van der Waals surface area contributed by atoms with E-state index in [1.165, 1.54) is 0 Å². The molecular formula is C21H24N4O4. The van der Waals surface area contributed by atoms with Crippen LogP contribution in [0.25, 0.3) is 0 Å². The molecule has 8 nitrogen and oxygen atoms in total. The summed E-state index contributed by atoms with van der Waals surface area (Å²) in [6.45, 7) is 2.41. The molecule has 0 radical (unpaired) electrons. The number of benzene rings is 1. The van der Waals surface area contributed by atoms with Gasteiger partial charge in [-0.05, 0) is 44.0 Å². The standard InChI is InChI=1S/C21H24N4O4/c1-3-16(13-19(27)29-4-2)24-18(26)12-15-6-5-11-25(21(15)28)17-9-7-14(8-10-17)20(22)23/h1,7-10,13,15H,4-6,11-12H2,2H3,(H3,22,23)(H,24,26)/b16-13+. The third-order valence-corrected chi connectivity index (χ3v) is 4.45. The van der Waals surface area contributed by atoms with Gasteiger partial charge in [-0.15, -0.1) is 6.42 Å². The number of amides is 2. The van der Waals surface area contributed by atoms with E-state index in [9.17, 15) is 14.4 Å². The number of carbonyl (C=O) groups is 3. The molecule has 1 aromatic rings. The normalized spacial score (nSPS) is 16.7. The molecule has 1 fully saturated rings. The molecule has 1 heterocycles. The lowest BCUT2D eigenvalue weighted by Crippen LogP contribution is -2.43. The average molecular weight is 396 g/mol. The first kappa shape index (κ1) is 21.7. The highest BCUT2D eigenvalue weighted by Gasteiger charge is 2.31. The van der Waals surface area contributed by atoms with Crippen molar-refractivity contribution in [2.45, 2.75) is 26.2 Å². The number of nitrogens with two attached hydrogens (primary N) is 1. The zero-order valence-electron chi connectivity index (χ0n) is 16.2. The Morgan fingerprint density at radius 2 is 2.10 bits per heavy atom. The number of allylic oxidation sites excluding steroid dienone is 1. The summed E-state index contributed by atoms with van der Waals surface area (Å²) in [6.07, 6.45) is 7.65. The zero-order chi connectivity index (χ0) is 21.4. The van der Waals surface area contributed by atoms with Crippen molar-refractivity contribution in [3.05, 3.63) is 41.6 Å². The molecule has 0 aromatic heterocycles. The largest absolute Gasteiger partial charge is 0.463 e. The molecule has 1 aromatic carbocycles. The third-order valence-electron chi connectivity index (χ3n) is 4.45. The van der Waals surface area contributed by atoms with E-state index in [4.69, 9.17) is 22.3 Å². The number of rotatable bonds is 7. The van der Waals surface area contributed by atoms with Crippen molar-refractivity contribution in [3.63, 3.8) is 0 Å². The molecule has 0 saturated carbocycles. The van der Waals surface area contributed by atoms with Crippen LogP contribution in [0.15, 0.2) is 36.0 Å². The molecule has 2 rings (SSSR count). The van der Waals surface area contributed by atoms with E-state index in [0.29, 0.717) is 24.2 Å². The summed E-state index contributed by atoms with van der Waals surface area (Å²) in [5.74, 6) is 0.455. The van der Waals surface area contributed by atoms with Crippen LogP contribution >= 0.6 is 0 Å². The van der Waals surface area contributed by atoms with Crippen LogP contribution in [0.3, 0.4) is 0 Å². The van der Waals surface area contributed by atoms with Crippen molar-refractivity contribution in [2.75, 3.05) is 18.1 Å². The number of ether oxygens (including phenoxy) is 1. The number of nitrogens with zero attached hydrogens (tertiary/aromatic N) is 1. The average Bonchev–Trinajstić information content (AvgIpc) is 2.69. The molecule has 2 amide bonds. The number of nitrogen functional groups attached to an aromatic ring is 1. The predicted molar refractivity (Wildman–Crippen MR) is 109 cm³/mol. The first-order valence-corrected chi connectivity index (χ1v) is 9.26. The Bertz CT molecular complexity index is 868. The van der Waals surface area contributed by atoms with Crippen LogP contribution in [0.4, 0.5) is 5.69 Å². The molecule has 1 atom stereocenters. The summed E-state index contributed by atoms with van der Waals surface area (Å²) >= 11 is 0. The summed E-state index contributed by atoms with van der Waals surface area (Å²) in [6, 6.07) is 6.83. The second kappa shape index (κ2) is 10.1. The molecule has 152 valence electrons. The maximum atomic E-state index is 12.8. The van der Waals surface area contributed by atoms with Crippen molar-refractivity contribution >= 4 is 29.3 Å². The van der Waals surface area contributed by atoms with E-state index in [1.807, 2.05) is 0 Å². The van der Waals surface area contributed by atoms with Crippen molar-refractivity contribution in [1.29, 1.82) is 5.41 Å². The van der Waals surface area contributed by atoms with E-state index >= 15 is 0 Å². The number of nitrogens with one attached hydrogen (secondary N) is 2. The van der Waals surface area contributed by atoms with Gasteiger partial charge in [-0.3, -0.25) is 15.0 Å². The van der Waals surface area contributed by atoms with Crippen LogP contribution < -0.4 is 16.0 Å². The molecule has 1 aliphatic rings. The van der Waals surface area contributed by atoms with Crippen LogP contribution in [0.5, 0.6) is 0 Å². The fraction of sp³-hybridized carbons (Fsp3) is 0.333. The van der Waals surface area contributed by atoms with Gasteiger partial charge in [0.2, 0.25) is 11.8 Å². The van der Waals surface area contributed by atoms with E-state index in [0.717, 1.165) is 12.5 Å². The molecule has 29 heavy (non-hydrogen) atoms. The number of amidine groups is 1. The van der Waals surface area contributed by atoms with Gasteiger partial charge in [0, 0.05) is 30.1 Å². The fourth-order valence-corrected chi connectivity index (χ4v) is 3.06. The monoisotopic (exact) mass is 396 g/mol. The molecule has 0 bridgehead atoms. The summed E-state index contributed by atoms with van der Waals surface area (Å²) < 4.78 is 4.76. The van der Waals surface area contributed by atoms with Gasteiger partial charge in [0.1, 0.15) is 5.84 Å². The van der Waals surface area contributed by atoms with Gasteiger partial charge in [-0.2, -0.15) is 0 Å². The smallest absolute Gasteiger partial charge is 0.333 e. The van der Waals surface area contributed by atoms with Crippen LogP contribution in [0, 0.1) is 23.7 Å². The lowest BCUT2D eigenvalue weighted by Gasteiger charge is -2.32. The topological polar surface area (TPSA) is 126 Å². The SMILES string of the molecule is C#C/C(=C\C(=O)OCC)NC(=O)CC1CCCN(c2ccc(C(=N)N)cc2)C1=O. The molecule has 4 N–H and O–H groups in total. The van der Waals surface area contributed by atoms with E-state index < -0.39 is 17.8 Å². The zero-order valence-corrected chi connectivity index (χ0v) is 16.2. The number of piperidine rings is 1. The minimum atomic E-state index is -0.644.